The summed E-state index contributed by atoms with van der Waals surface area (Å²) in [6.45, 7) is 0. The molecule has 2 heterocycles. The highest BCUT2D eigenvalue weighted by molar-refractivity contribution is 6.24. The number of carbonyl (C=O) groups excluding carboxylic acids is 2. The number of benzene rings is 3. The molecule has 0 bridgehead atoms. The van der Waals surface area contributed by atoms with Crippen molar-refractivity contribution in [1.82, 2.24) is 0 Å². The number of carbonyl (C=O) groups is 2. The first-order valence-electron chi connectivity index (χ1n) is 10.8. The smallest absolute Gasteiger partial charge is 0.266 e. The van der Waals surface area contributed by atoms with Crippen LogP contribution in [0.3, 0.4) is 0 Å². The van der Waals surface area contributed by atoms with E-state index >= 15 is 0 Å². The average molecular weight is 444 g/mol. The largest absolute Gasteiger partial charge is 0.495 e. The number of para-hydroxylation sites is 3. The van der Waals surface area contributed by atoms with Crippen molar-refractivity contribution in [2.24, 2.45) is 5.92 Å². The quantitative estimate of drug-likeness (QED) is 0.559. The minimum Gasteiger partial charge on any atom is -0.495 e. The van der Waals surface area contributed by atoms with Crippen molar-refractivity contribution in [3.05, 3.63) is 84.4 Å². The van der Waals surface area contributed by atoms with Crippen LogP contribution in [0.15, 0.2) is 78.9 Å². The Morgan fingerprint density at radius 2 is 1.52 bits per heavy atom. The number of hydrogen-bond donors (Lipinski definition) is 0. The Morgan fingerprint density at radius 1 is 0.848 bits per heavy atom. The molecule has 3 atom stereocenters. The van der Waals surface area contributed by atoms with Crippen molar-refractivity contribution in [2.75, 3.05) is 36.1 Å². The van der Waals surface area contributed by atoms with E-state index in [2.05, 4.69) is 0 Å². The van der Waals surface area contributed by atoms with Gasteiger partial charge in [0.05, 0.1) is 24.5 Å². The third kappa shape index (κ3) is 3.41. The fourth-order valence-corrected chi connectivity index (χ4v) is 4.57. The summed E-state index contributed by atoms with van der Waals surface area (Å²) in [5.41, 5.74) is 3.17. The van der Waals surface area contributed by atoms with E-state index in [-0.39, 0.29) is 11.8 Å². The first-order valence-corrected chi connectivity index (χ1v) is 10.8. The SMILES string of the molecule is COc1ccccc1N1C(=O)[C@H]2[C@@H](c3ccc(N(C)C)cc3)N(c3ccccc3)O[C@H]2C1=O. The van der Waals surface area contributed by atoms with Crippen LogP contribution in [0.5, 0.6) is 5.75 Å². The van der Waals surface area contributed by atoms with Crippen LogP contribution in [0.1, 0.15) is 11.6 Å². The molecule has 0 N–H and O–H groups in total. The Hall–Kier alpha value is -3.84. The third-order valence-corrected chi connectivity index (χ3v) is 6.20. The predicted molar refractivity (Wildman–Crippen MR) is 126 cm³/mol. The van der Waals surface area contributed by atoms with Gasteiger partial charge in [-0.15, -0.1) is 0 Å². The van der Waals surface area contributed by atoms with Crippen molar-refractivity contribution in [3.63, 3.8) is 0 Å². The van der Waals surface area contributed by atoms with Gasteiger partial charge in [-0.1, -0.05) is 42.5 Å². The molecule has 0 saturated carbocycles. The van der Waals surface area contributed by atoms with Gasteiger partial charge in [-0.2, -0.15) is 0 Å². The lowest BCUT2D eigenvalue weighted by Gasteiger charge is -2.29. The maximum atomic E-state index is 13.7. The van der Waals surface area contributed by atoms with Gasteiger partial charge in [0.25, 0.3) is 5.91 Å². The summed E-state index contributed by atoms with van der Waals surface area (Å²) < 4.78 is 5.41. The highest BCUT2D eigenvalue weighted by Gasteiger charge is 2.60. The van der Waals surface area contributed by atoms with Gasteiger partial charge in [-0.3, -0.25) is 14.4 Å². The van der Waals surface area contributed by atoms with E-state index in [0.29, 0.717) is 11.4 Å². The summed E-state index contributed by atoms with van der Waals surface area (Å²) in [6.07, 6.45) is -0.916. The number of methoxy groups -OCH3 is 1. The van der Waals surface area contributed by atoms with Crippen molar-refractivity contribution >= 4 is 28.9 Å². The lowest BCUT2D eigenvalue weighted by atomic mass is 9.90. The zero-order chi connectivity index (χ0) is 23.1. The summed E-state index contributed by atoms with van der Waals surface area (Å²) >= 11 is 0. The van der Waals surface area contributed by atoms with Crippen LogP contribution in [-0.4, -0.2) is 39.1 Å². The lowest BCUT2D eigenvalue weighted by molar-refractivity contribution is -0.126. The molecule has 168 valence electrons. The summed E-state index contributed by atoms with van der Waals surface area (Å²) in [7, 11) is 5.47. The minimum atomic E-state index is -0.916. The lowest BCUT2D eigenvalue weighted by Crippen LogP contribution is -2.37. The fraction of sp³-hybridized carbons (Fsp3) is 0.231. The Bertz CT molecular complexity index is 1180. The summed E-state index contributed by atoms with van der Waals surface area (Å²) in [6, 6.07) is 24.1. The van der Waals surface area contributed by atoms with E-state index in [1.807, 2.05) is 73.6 Å². The van der Waals surface area contributed by atoms with Crippen LogP contribution in [0.25, 0.3) is 0 Å². The van der Waals surface area contributed by atoms with Crippen molar-refractivity contribution < 1.29 is 19.2 Å². The van der Waals surface area contributed by atoms with Gasteiger partial charge in [0.15, 0.2) is 6.10 Å². The molecule has 0 aromatic heterocycles. The number of fused-ring (bicyclic) bond motifs is 1. The number of ether oxygens (including phenoxy) is 1. The summed E-state index contributed by atoms with van der Waals surface area (Å²) in [5, 5.41) is 1.70. The third-order valence-electron chi connectivity index (χ3n) is 6.20. The number of anilines is 3. The van der Waals surface area contributed by atoms with Gasteiger partial charge >= 0.3 is 0 Å². The van der Waals surface area contributed by atoms with E-state index in [1.54, 1.807) is 29.3 Å². The van der Waals surface area contributed by atoms with Crippen molar-refractivity contribution in [2.45, 2.75) is 12.1 Å². The normalized spacial score (nSPS) is 22.0. The van der Waals surface area contributed by atoms with E-state index in [4.69, 9.17) is 9.57 Å². The molecule has 5 rings (SSSR count). The van der Waals surface area contributed by atoms with Gasteiger partial charge in [0, 0.05) is 19.8 Å². The number of hydrogen-bond acceptors (Lipinski definition) is 6. The van der Waals surface area contributed by atoms with Crippen LogP contribution in [0.2, 0.25) is 0 Å². The Labute approximate surface area is 192 Å². The molecule has 2 saturated heterocycles. The second kappa shape index (κ2) is 8.26. The van der Waals surface area contributed by atoms with Gasteiger partial charge in [0.2, 0.25) is 5.91 Å². The van der Waals surface area contributed by atoms with E-state index in [9.17, 15) is 9.59 Å². The maximum absolute atomic E-state index is 13.7. The Kier molecular flexibility index (Phi) is 5.26. The van der Waals surface area contributed by atoms with E-state index < -0.39 is 18.1 Å². The van der Waals surface area contributed by atoms with Crippen molar-refractivity contribution in [1.29, 1.82) is 0 Å². The van der Waals surface area contributed by atoms with Gasteiger partial charge in [0.1, 0.15) is 11.7 Å². The topological polar surface area (TPSA) is 62.3 Å². The maximum Gasteiger partial charge on any atom is 0.266 e. The molecule has 0 aliphatic carbocycles. The van der Waals surface area contributed by atoms with Crippen LogP contribution < -0.4 is 19.6 Å². The number of hydroxylamine groups is 1. The second-order valence-corrected chi connectivity index (χ2v) is 8.33. The highest BCUT2D eigenvalue weighted by Crippen LogP contribution is 2.48. The summed E-state index contributed by atoms with van der Waals surface area (Å²) in [5.74, 6) is -0.906. The number of imide groups is 1. The zero-order valence-corrected chi connectivity index (χ0v) is 18.7. The Balaban J connectivity index is 1.58. The van der Waals surface area contributed by atoms with Gasteiger partial charge in [-0.05, 0) is 42.0 Å². The molecular formula is C26H25N3O4. The molecule has 2 aliphatic heterocycles. The molecule has 7 heteroatoms. The van der Waals surface area contributed by atoms with Crippen LogP contribution in [0.4, 0.5) is 17.1 Å². The van der Waals surface area contributed by atoms with E-state index in [0.717, 1.165) is 16.9 Å². The summed E-state index contributed by atoms with van der Waals surface area (Å²) in [4.78, 5) is 36.6. The first kappa shape index (κ1) is 21.0. The number of rotatable bonds is 5. The number of nitrogens with zero attached hydrogens (tertiary/aromatic N) is 3. The van der Waals surface area contributed by atoms with E-state index in [1.165, 1.54) is 12.0 Å². The molecule has 2 aliphatic rings. The van der Waals surface area contributed by atoms with Gasteiger partial charge < -0.3 is 9.64 Å². The number of amides is 2. The molecular weight excluding hydrogens is 418 g/mol. The highest BCUT2D eigenvalue weighted by atomic mass is 16.7. The van der Waals surface area contributed by atoms with Crippen LogP contribution >= 0.6 is 0 Å². The van der Waals surface area contributed by atoms with Crippen molar-refractivity contribution in [3.8, 4) is 5.75 Å². The van der Waals surface area contributed by atoms with Crippen LogP contribution in [-0.2, 0) is 14.4 Å². The molecule has 2 amide bonds. The molecule has 3 aromatic carbocycles. The molecule has 0 radical (unpaired) electrons. The standard InChI is InChI=1S/C26H25N3O4/c1-27(2)18-15-13-17(14-16-18)23-22-24(33-29(23)19-9-5-4-6-10-19)26(31)28(25(22)30)20-11-7-8-12-21(20)32-3/h4-16,22-24H,1-3H3/t22-,23+,24+/m0/s1. The average Bonchev–Trinajstić information content (AvgIpc) is 3.35. The molecule has 0 unspecified atom stereocenters. The fourth-order valence-electron chi connectivity index (χ4n) is 4.57. The van der Waals surface area contributed by atoms with Crippen LogP contribution in [0, 0.1) is 5.92 Å². The second-order valence-electron chi connectivity index (χ2n) is 8.33. The monoisotopic (exact) mass is 443 g/mol. The molecule has 7 nitrogen and oxygen atoms in total. The molecule has 33 heavy (non-hydrogen) atoms. The molecule has 2 fully saturated rings. The molecule has 0 spiro atoms. The van der Waals surface area contributed by atoms with Gasteiger partial charge in [-0.25, -0.2) is 9.96 Å². The Morgan fingerprint density at radius 3 is 2.18 bits per heavy atom. The molecule has 3 aromatic rings. The minimum absolute atomic E-state index is 0.297. The first-order chi connectivity index (χ1) is 16.0. The zero-order valence-electron chi connectivity index (χ0n) is 18.7. The predicted octanol–water partition coefficient (Wildman–Crippen LogP) is 3.81.